The molecule has 0 N–H and O–H groups in total. The van der Waals surface area contributed by atoms with E-state index in [4.69, 9.17) is 0 Å². The Morgan fingerprint density at radius 2 is 1.96 bits per heavy atom. The van der Waals surface area contributed by atoms with Gasteiger partial charge in [-0.2, -0.15) is 18.2 Å². The van der Waals surface area contributed by atoms with Crippen molar-refractivity contribution in [2.24, 2.45) is 10.9 Å². The van der Waals surface area contributed by atoms with Gasteiger partial charge in [0.05, 0.1) is 11.1 Å². The molecule has 7 heteroatoms. The molecule has 1 aliphatic rings. The molecule has 24 heavy (non-hydrogen) atoms. The number of pyridine rings is 1. The predicted molar refractivity (Wildman–Crippen MR) is 78.5 cm³/mol. The highest BCUT2D eigenvalue weighted by molar-refractivity contribution is 5.96. The molecule has 1 aromatic heterocycles. The summed E-state index contributed by atoms with van der Waals surface area (Å²) >= 11 is 0. The zero-order chi connectivity index (χ0) is 17.3. The maximum Gasteiger partial charge on any atom is 0.417 e. The number of carbonyl (C=O) groups excluding carboxylic acids is 1. The minimum atomic E-state index is -4.76. The lowest BCUT2D eigenvalue weighted by Gasteiger charge is -2.11. The fourth-order valence-corrected chi connectivity index (χ4v) is 2.41. The van der Waals surface area contributed by atoms with Crippen molar-refractivity contribution in [3.8, 4) is 0 Å². The van der Waals surface area contributed by atoms with Crippen LogP contribution in [-0.4, -0.2) is 10.5 Å². The van der Waals surface area contributed by atoms with E-state index in [-0.39, 0.29) is 5.49 Å². The molecule has 1 saturated carbocycles. The predicted octanol–water partition coefficient (Wildman–Crippen LogP) is 3.80. The Morgan fingerprint density at radius 1 is 1.21 bits per heavy atom. The Balaban J connectivity index is 2.03. The van der Waals surface area contributed by atoms with Gasteiger partial charge in [0.2, 0.25) is 0 Å². The quantitative estimate of drug-likeness (QED) is 0.784. The van der Waals surface area contributed by atoms with E-state index in [1.54, 1.807) is 29.0 Å². The molecule has 0 radical (unpaired) electrons. The lowest BCUT2D eigenvalue weighted by molar-refractivity contribution is -0.137. The number of alkyl halides is 3. The standard InChI is InChI=1S/C17H14F4N2O/c18-12-6-7-14(17(19,20)21)13(9-12)16(24)22-15-3-1-2-8-23(15)10-11-4-5-11/h1-3,6-9,11H,4-5,10H2. The maximum atomic E-state index is 13.3. The summed E-state index contributed by atoms with van der Waals surface area (Å²) in [6.07, 6.45) is -0.871. The Labute approximate surface area is 135 Å². The molecule has 1 amide bonds. The molecular formula is C17H14F4N2O. The first-order valence-corrected chi connectivity index (χ1v) is 7.46. The van der Waals surface area contributed by atoms with Gasteiger partial charge in [-0.1, -0.05) is 6.07 Å². The zero-order valence-corrected chi connectivity index (χ0v) is 12.6. The third kappa shape index (κ3) is 3.72. The number of halogens is 4. The molecule has 0 bridgehead atoms. The highest BCUT2D eigenvalue weighted by atomic mass is 19.4. The number of hydrogen-bond acceptors (Lipinski definition) is 1. The Morgan fingerprint density at radius 3 is 2.62 bits per heavy atom. The average Bonchev–Trinajstić information content (AvgIpc) is 3.32. The lowest BCUT2D eigenvalue weighted by atomic mass is 10.1. The van der Waals surface area contributed by atoms with Crippen LogP contribution >= 0.6 is 0 Å². The van der Waals surface area contributed by atoms with Crippen LogP contribution in [0.5, 0.6) is 0 Å². The molecule has 0 unspecified atom stereocenters. The van der Waals surface area contributed by atoms with Crippen molar-refractivity contribution in [1.29, 1.82) is 0 Å². The van der Waals surface area contributed by atoms with Gasteiger partial charge in [-0.3, -0.25) is 4.79 Å². The summed E-state index contributed by atoms with van der Waals surface area (Å²) in [5.41, 5.74) is -1.72. The fourth-order valence-electron chi connectivity index (χ4n) is 2.41. The summed E-state index contributed by atoms with van der Waals surface area (Å²) in [4.78, 5) is 16.0. The van der Waals surface area contributed by atoms with Crippen molar-refractivity contribution in [3.63, 3.8) is 0 Å². The van der Waals surface area contributed by atoms with Gasteiger partial charge in [0.25, 0.3) is 5.91 Å². The minimum Gasteiger partial charge on any atom is -0.333 e. The van der Waals surface area contributed by atoms with Gasteiger partial charge >= 0.3 is 6.18 Å². The second kappa shape index (κ2) is 6.22. The van der Waals surface area contributed by atoms with Gasteiger partial charge < -0.3 is 4.57 Å². The number of benzene rings is 1. The monoisotopic (exact) mass is 338 g/mol. The van der Waals surface area contributed by atoms with Crippen molar-refractivity contribution in [2.75, 3.05) is 0 Å². The van der Waals surface area contributed by atoms with Crippen LogP contribution in [0.15, 0.2) is 47.6 Å². The molecule has 3 rings (SSSR count). The summed E-state index contributed by atoms with van der Waals surface area (Å²) in [7, 11) is 0. The highest BCUT2D eigenvalue weighted by Crippen LogP contribution is 2.32. The number of carbonyl (C=O) groups is 1. The van der Waals surface area contributed by atoms with E-state index in [9.17, 15) is 22.4 Å². The average molecular weight is 338 g/mol. The smallest absolute Gasteiger partial charge is 0.333 e. The molecule has 0 saturated heterocycles. The molecule has 1 aromatic carbocycles. The van der Waals surface area contributed by atoms with Gasteiger partial charge in [0.15, 0.2) is 0 Å². The van der Waals surface area contributed by atoms with Gasteiger partial charge in [-0.25, -0.2) is 4.39 Å². The fraction of sp³-hybridized carbons (Fsp3) is 0.294. The van der Waals surface area contributed by atoms with Crippen molar-refractivity contribution in [1.82, 2.24) is 4.57 Å². The summed E-state index contributed by atoms with van der Waals surface area (Å²) in [5, 5.41) is 0. The molecular weight excluding hydrogens is 324 g/mol. The van der Waals surface area contributed by atoms with E-state index in [1.165, 1.54) is 0 Å². The largest absolute Gasteiger partial charge is 0.417 e. The zero-order valence-electron chi connectivity index (χ0n) is 12.6. The van der Waals surface area contributed by atoms with Crippen LogP contribution in [0.2, 0.25) is 0 Å². The van der Waals surface area contributed by atoms with E-state index >= 15 is 0 Å². The molecule has 0 aliphatic heterocycles. The van der Waals surface area contributed by atoms with Crippen LogP contribution in [0.25, 0.3) is 0 Å². The summed E-state index contributed by atoms with van der Waals surface area (Å²) in [6, 6.07) is 6.76. The van der Waals surface area contributed by atoms with Crippen LogP contribution in [0, 0.1) is 11.7 Å². The van der Waals surface area contributed by atoms with Crippen LogP contribution in [0.3, 0.4) is 0 Å². The molecule has 1 heterocycles. The van der Waals surface area contributed by atoms with Gasteiger partial charge in [-0.05, 0) is 49.1 Å². The topological polar surface area (TPSA) is 34.4 Å². The Bertz CT molecular complexity index is 835. The molecule has 1 fully saturated rings. The third-order valence-electron chi connectivity index (χ3n) is 3.80. The van der Waals surface area contributed by atoms with Gasteiger partial charge in [-0.15, -0.1) is 0 Å². The molecule has 1 aliphatic carbocycles. The number of nitrogens with zero attached hydrogens (tertiary/aromatic N) is 2. The SMILES string of the molecule is O=C(N=c1ccccn1CC1CC1)c1cc(F)ccc1C(F)(F)F. The number of rotatable bonds is 3. The third-order valence-corrected chi connectivity index (χ3v) is 3.80. The summed E-state index contributed by atoms with van der Waals surface area (Å²) in [6.45, 7) is 0.655. The van der Waals surface area contributed by atoms with Crippen LogP contribution in [0.4, 0.5) is 17.6 Å². The van der Waals surface area contributed by atoms with E-state index in [0.717, 1.165) is 12.8 Å². The summed E-state index contributed by atoms with van der Waals surface area (Å²) in [5.74, 6) is -1.53. The van der Waals surface area contributed by atoms with E-state index in [0.29, 0.717) is 30.7 Å². The van der Waals surface area contributed by atoms with Crippen molar-refractivity contribution in [2.45, 2.75) is 25.6 Å². The van der Waals surface area contributed by atoms with Crippen molar-refractivity contribution >= 4 is 5.91 Å². The number of hydrogen-bond donors (Lipinski definition) is 0. The Kier molecular flexibility index (Phi) is 4.26. The second-order valence-electron chi connectivity index (χ2n) is 5.76. The Hall–Kier alpha value is -2.44. The molecule has 2 aromatic rings. The minimum absolute atomic E-state index is 0.256. The highest BCUT2D eigenvalue weighted by Gasteiger charge is 2.35. The van der Waals surface area contributed by atoms with Crippen LogP contribution < -0.4 is 5.49 Å². The maximum absolute atomic E-state index is 13.3. The first-order valence-electron chi connectivity index (χ1n) is 7.46. The van der Waals surface area contributed by atoms with Crippen molar-refractivity contribution < 1.29 is 22.4 Å². The molecule has 3 nitrogen and oxygen atoms in total. The lowest BCUT2D eigenvalue weighted by Crippen LogP contribution is -2.23. The first-order chi connectivity index (χ1) is 11.3. The van der Waals surface area contributed by atoms with E-state index in [1.807, 2.05) is 0 Å². The normalized spacial score (nSPS) is 15.6. The van der Waals surface area contributed by atoms with Crippen LogP contribution in [0.1, 0.15) is 28.8 Å². The first kappa shape index (κ1) is 16.4. The van der Waals surface area contributed by atoms with Crippen LogP contribution in [-0.2, 0) is 12.7 Å². The van der Waals surface area contributed by atoms with Gasteiger partial charge in [0, 0.05) is 12.7 Å². The van der Waals surface area contributed by atoms with Gasteiger partial charge in [0.1, 0.15) is 11.3 Å². The van der Waals surface area contributed by atoms with E-state index in [2.05, 4.69) is 4.99 Å². The summed E-state index contributed by atoms with van der Waals surface area (Å²) < 4.78 is 54.1. The van der Waals surface area contributed by atoms with Crippen molar-refractivity contribution in [3.05, 3.63) is 65.0 Å². The molecule has 0 atom stereocenters. The van der Waals surface area contributed by atoms with E-state index < -0.39 is 29.0 Å². The number of amides is 1. The molecule has 0 spiro atoms. The molecule has 126 valence electrons. The number of aromatic nitrogens is 1. The second-order valence-corrected chi connectivity index (χ2v) is 5.76.